The molecule has 0 fully saturated rings. The Morgan fingerprint density at radius 3 is 2.22 bits per heavy atom. The van der Waals surface area contributed by atoms with E-state index in [9.17, 15) is 4.79 Å². The maximum atomic E-state index is 12.8. The zero-order valence-electron chi connectivity index (χ0n) is 19.2. The molecule has 3 aromatic rings. The number of ether oxygens (including phenoxy) is 2. The van der Waals surface area contributed by atoms with Gasteiger partial charge in [0.05, 0.1) is 7.11 Å². The van der Waals surface area contributed by atoms with Crippen molar-refractivity contribution in [2.45, 2.75) is 49.1 Å². The lowest BCUT2D eigenvalue weighted by Gasteiger charge is -2.27. The number of hydrogen-bond acceptors (Lipinski definition) is 4. The second kappa shape index (κ2) is 11.1. The van der Waals surface area contributed by atoms with E-state index in [1.807, 2.05) is 63.2 Å². The Morgan fingerprint density at radius 1 is 0.875 bits per heavy atom. The van der Waals surface area contributed by atoms with Gasteiger partial charge in [-0.1, -0.05) is 54.2 Å². The summed E-state index contributed by atoms with van der Waals surface area (Å²) in [6.07, 6.45) is 0.466. The molecule has 3 aromatic carbocycles. The van der Waals surface area contributed by atoms with Crippen molar-refractivity contribution >= 4 is 17.9 Å². The molecule has 0 unspecified atom stereocenters. The van der Waals surface area contributed by atoms with E-state index in [2.05, 4.69) is 36.4 Å². The van der Waals surface area contributed by atoms with Crippen LogP contribution in [0.15, 0.2) is 88.7 Å². The molecule has 0 atom stereocenters. The molecule has 32 heavy (non-hydrogen) atoms. The van der Waals surface area contributed by atoms with E-state index in [1.54, 1.807) is 23.8 Å². The first kappa shape index (κ1) is 23.7. The van der Waals surface area contributed by atoms with Crippen LogP contribution in [0.2, 0.25) is 0 Å². The third kappa shape index (κ3) is 7.65. The number of carbonyl (C=O) groups is 1. The largest absolute Gasteiger partial charge is 0.497 e. The lowest BCUT2D eigenvalue weighted by Crippen LogP contribution is -2.37. The van der Waals surface area contributed by atoms with Crippen LogP contribution in [0.4, 0.5) is 4.79 Å². The van der Waals surface area contributed by atoms with Crippen LogP contribution in [0.1, 0.15) is 31.9 Å². The van der Waals surface area contributed by atoms with Crippen molar-refractivity contribution in [3.05, 3.63) is 90.0 Å². The Labute approximate surface area is 195 Å². The highest BCUT2D eigenvalue weighted by Gasteiger charge is 2.22. The summed E-state index contributed by atoms with van der Waals surface area (Å²) in [5.74, 6) is 0.851. The van der Waals surface area contributed by atoms with Crippen LogP contribution in [0.3, 0.4) is 0 Å². The maximum absolute atomic E-state index is 12.8. The predicted molar refractivity (Wildman–Crippen MR) is 130 cm³/mol. The third-order valence-corrected chi connectivity index (χ3v) is 5.73. The van der Waals surface area contributed by atoms with Crippen molar-refractivity contribution in [2.24, 2.45) is 0 Å². The molecule has 0 aliphatic rings. The fourth-order valence-corrected chi connectivity index (χ4v) is 4.07. The first-order chi connectivity index (χ1) is 15.3. The Bertz CT molecular complexity index is 997. The normalized spacial score (nSPS) is 11.1. The van der Waals surface area contributed by atoms with Gasteiger partial charge < -0.3 is 14.4 Å². The molecular weight excluding hydrogens is 418 g/mol. The van der Waals surface area contributed by atoms with Gasteiger partial charge in [0.2, 0.25) is 0 Å². The summed E-state index contributed by atoms with van der Waals surface area (Å²) < 4.78 is 10.9. The highest BCUT2D eigenvalue weighted by molar-refractivity contribution is 7.99. The van der Waals surface area contributed by atoms with Crippen LogP contribution in [0.25, 0.3) is 0 Å². The number of methoxy groups -OCH3 is 1. The molecule has 0 N–H and O–H groups in total. The first-order valence-electron chi connectivity index (χ1n) is 10.7. The van der Waals surface area contributed by atoms with Gasteiger partial charge in [0, 0.05) is 22.9 Å². The third-order valence-electron chi connectivity index (χ3n) is 4.73. The number of carbonyl (C=O) groups excluding carboxylic acids is 1. The van der Waals surface area contributed by atoms with E-state index in [0.29, 0.717) is 13.1 Å². The molecule has 168 valence electrons. The van der Waals surface area contributed by atoms with Crippen molar-refractivity contribution in [3.8, 4) is 5.75 Å². The summed E-state index contributed by atoms with van der Waals surface area (Å²) >= 11 is 1.71. The molecule has 0 heterocycles. The fourth-order valence-electron chi connectivity index (χ4n) is 3.17. The standard InChI is InChI=1S/C27H31NO3S/c1-27(2,3)31-26(29)28(20-22-9-6-5-7-10-22)18-17-21-11-8-12-25(19-21)32-24-15-13-23(30-4)14-16-24/h5-16,19H,17-18,20H2,1-4H3. The SMILES string of the molecule is COc1ccc(Sc2cccc(CCN(Cc3ccccc3)C(=O)OC(C)(C)C)c2)cc1. The van der Waals surface area contributed by atoms with Crippen LogP contribution in [-0.4, -0.2) is 30.2 Å². The van der Waals surface area contributed by atoms with E-state index in [-0.39, 0.29) is 6.09 Å². The minimum atomic E-state index is -0.527. The van der Waals surface area contributed by atoms with Crippen molar-refractivity contribution in [1.82, 2.24) is 4.90 Å². The van der Waals surface area contributed by atoms with Gasteiger partial charge in [-0.25, -0.2) is 4.79 Å². The van der Waals surface area contributed by atoms with Gasteiger partial charge in [-0.05, 0) is 74.7 Å². The van der Waals surface area contributed by atoms with Gasteiger partial charge in [-0.3, -0.25) is 0 Å². The van der Waals surface area contributed by atoms with Gasteiger partial charge in [0.1, 0.15) is 11.4 Å². The van der Waals surface area contributed by atoms with Crippen molar-refractivity contribution in [3.63, 3.8) is 0 Å². The molecule has 0 aliphatic carbocycles. The molecule has 5 heteroatoms. The minimum absolute atomic E-state index is 0.287. The van der Waals surface area contributed by atoms with Gasteiger partial charge >= 0.3 is 6.09 Å². The van der Waals surface area contributed by atoms with E-state index in [1.165, 1.54) is 10.5 Å². The lowest BCUT2D eigenvalue weighted by molar-refractivity contribution is 0.0236. The monoisotopic (exact) mass is 449 g/mol. The number of amides is 1. The molecular formula is C27H31NO3S. The molecule has 1 amide bonds. The van der Waals surface area contributed by atoms with E-state index in [0.717, 1.165) is 22.6 Å². The lowest BCUT2D eigenvalue weighted by atomic mass is 10.1. The van der Waals surface area contributed by atoms with Crippen LogP contribution in [0.5, 0.6) is 5.75 Å². The Balaban J connectivity index is 1.67. The van der Waals surface area contributed by atoms with Crippen LogP contribution in [-0.2, 0) is 17.7 Å². The van der Waals surface area contributed by atoms with Crippen molar-refractivity contribution < 1.29 is 14.3 Å². The van der Waals surface area contributed by atoms with Gasteiger partial charge in [0.25, 0.3) is 0 Å². The summed E-state index contributed by atoms with van der Waals surface area (Å²) in [4.78, 5) is 16.9. The number of hydrogen-bond donors (Lipinski definition) is 0. The molecule has 0 spiro atoms. The quantitative estimate of drug-likeness (QED) is 0.378. The predicted octanol–water partition coefficient (Wildman–Crippen LogP) is 6.83. The number of rotatable bonds is 8. The molecule has 0 aromatic heterocycles. The second-order valence-electron chi connectivity index (χ2n) is 8.56. The molecule has 3 rings (SSSR count). The summed E-state index contributed by atoms with van der Waals surface area (Å²) in [5, 5.41) is 0. The average Bonchev–Trinajstić information content (AvgIpc) is 2.77. The highest BCUT2D eigenvalue weighted by Crippen LogP contribution is 2.29. The van der Waals surface area contributed by atoms with Gasteiger partial charge in [0.15, 0.2) is 0 Å². The van der Waals surface area contributed by atoms with Crippen molar-refractivity contribution in [1.29, 1.82) is 0 Å². The highest BCUT2D eigenvalue weighted by atomic mass is 32.2. The summed E-state index contributed by atoms with van der Waals surface area (Å²) in [6, 6.07) is 26.5. The molecule has 4 nitrogen and oxygen atoms in total. The number of benzene rings is 3. The molecule has 0 saturated heterocycles. The zero-order valence-corrected chi connectivity index (χ0v) is 20.0. The van der Waals surface area contributed by atoms with E-state index >= 15 is 0 Å². The molecule has 0 bridgehead atoms. The first-order valence-corrected chi connectivity index (χ1v) is 11.6. The van der Waals surface area contributed by atoms with Gasteiger partial charge in [-0.2, -0.15) is 0 Å². The Morgan fingerprint density at radius 2 is 1.56 bits per heavy atom. The Hall–Kier alpha value is -2.92. The van der Waals surface area contributed by atoms with Crippen LogP contribution < -0.4 is 4.74 Å². The topological polar surface area (TPSA) is 38.8 Å². The molecule has 0 saturated carbocycles. The maximum Gasteiger partial charge on any atom is 0.410 e. The Kier molecular flexibility index (Phi) is 8.23. The van der Waals surface area contributed by atoms with E-state index in [4.69, 9.17) is 9.47 Å². The second-order valence-corrected chi connectivity index (χ2v) is 9.71. The number of nitrogens with zero attached hydrogens (tertiary/aromatic N) is 1. The average molecular weight is 450 g/mol. The zero-order chi connectivity index (χ0) is 23.0. The summed E-state index contributed by atoms with van der Waals surface area (Å²) in [5.41, 5.74) is 1.74. The van der Waals surface area contributed by atoms with Crippen LogP contribution >= 0.6 is 11.8 Å². The van der Waals surface area contributed by atoms with Gasteiger partial charge in [-0.15, -0.1) is 0 Å². The van der Waals surface area contributed by atoms with E-state index < -0.39 is 5.60 Å². The summed E-state index contributed by atoms with van der Waals surface area (Å²) in [6.45, 7) is 6.79. The summed E-state index contributed by atoms with van der Waals surface area (Å²) in [7, 11) is 1.67. The van der Waals surface area contributed by atoms with Crippen LogP contribution in [0, 0.1) is 0 Å². The smallest absolute Gasteiger partial charge is 0.410 e. The fraction of sp³-hybridized carbons (Fsp3) is 0.296. The molecule has 0 radical (unpaired) electrons. The molecule has 0 aliphatic heterocycles. The minimum Gasteiger partial charge on any atom is -0.497 e. The van der Waals surface area contributed by atoms with Crippen molar-refractivity contribution in [2.75, 3.05) is 13.7 Å².